The SMILES string of the molecule is CCC(=O)c1cc(Cl)cc2c1OCCCC2. The summed E-state index contributed by atoms with van der Waals surface area (Å²) in [5.74, 6) is 0.856. The molecular weight excluding hydrogens is 224 g/mol. The van der Waals surface area contributed by atoms with E-state index in [9.17, 15) is 4.79 Å². The van der Waals surface area contributed by atoms with Crippen LogP contribution in [0.1, 0.15) is 42.1 Å². The van der Waals surface area contributed by atoms with Crippen LogP contribution in [-0.4, -0.2) is 12.4 Å². The summed E-state index contributed by atoms with van der Waals surface area (Å²) in [5.41, 5.74) is 1.72. The standard InChI is InChI=1S/C13H15ClO2/c1-2-12(15)11-8-10(14)7-9-5-3-4-6-16-13(9)11/h7-8H,2-6H2,1H3. The highest BCUT2D eigenvalue weighted by Gasteiger charge is 2.18. The Bertz CT molecular complexity index is 413. The average Bonchev–Trinajstić information content (AvgIpc) is 2.51. The Hall–Kier alpha value is -1.02. The van der Waals surface area contributed by atoms with Crippen LogP contribution >= 0.6 is 11.6 Å². The second-order valence-electron chi connectivity index (χ2n) is 4.02. The quantitative estimate of drug-likeness (QED) is 0.736. The van der Waals surface area contributed by atoms with Crippen LogP contribution in [0.3, 0.4) is 0 Å². The number of carbonyl (C=O) groups is 1. The molecule has 0 aromatic heterocycles. The topological polar surface area (TPSA) is 26.3 Å². The molecule has 0 amide bonds. The minimum absolute atomic E-state index is 0.0978. The van der Waals surface area contributed by atoms with Crippen molar-refractivity contribution in [2.75, 3.05) is 6.61 Å². The van der Waals surface area contributed by atoms with Crippen molar-refractivity contribution in [2.24, 2.45) is 0 Å². The molecule has 3 heteroatoms. The van der Waals surface area contributed by atoms with Gasteiger partial charge in [0.15, 0.2) is 5.78 Å². The molecule has 0 unspecified atom stereocenters. The first-order chi connectivity index (χ1) is 7.72. The van der Waals surface area contributed by atoms with Gasteiger partial charge in [0.05, 0.1) is 12.2 Å². The van der Waals surface area contributed by atoms with Gasteiger partial charge in [0.1, 0.15) is 5.75 Å². The highest BCUT2D eigenvalue weighted by atomic mass is 35.5. The highest BCUT2D eigenvalue weighted by molar-refractivity contribution is 6.31. The van der Waals surface area contributed by atoms with Crippen LogP contribution in [0.5, 0.6) is 5.75 Å². The summed E-state index contributed by atoms with van der Waals surface area (Å²) in [7, 11) is 0. The minimum atomic E-state index is 0.0978. The molecule has 86 valence electrons. The number of carbonyl (C=O) groups excluding carboxylic acids is 1. The molecule has 0 radical (unpaired) electrons. The van der Waals surface area contributed by atoms with Gasteiger partial charge in [0.25, 0.3) is 0 Å². The molecule has 1 aromatic rings. The molecule has 0 fully saturated rings. The van der Waals surface area contributed by atoms with Gasteiger partial charge in [-0.25, -0.2) is 0 Å². The van der Waals surface area contributed by atoms with Gasteiger partial charge < -0.3 is 4.74 Å². The monoisotopic (exact) mass is 238 g/mol. The maximum absolute atomic E-state index is 11.8. The Kier molecular flexibility index (Phi) is 3.49. The van der Waals surface area contributed by atoms with Crippen LogP contribution in [0.15, 0.2) is 12.1 Å². The fraction of sp³-hybridized carbons (Fsp3) is 0.462. The molecule has 0 saturated carbocycles. The smallest absolute Gasteiger partial charge is 0.166 e. The Morgan fingerprint density at radius 3 is 3.00 bits per heavy atom. The summed E-state index contributed by atoms with van der Waals surface area (Å²) in [5, 5.41) is 0.626. The number of hydrogen-bond acceptors (Lipinski definition) is 2. The zero-order chi connectivity index (χ0) is 11.5. The first-order valence-corrected chi connectivity index (χ1v) is 6.08. The van der Waals surface area contributed by atoms with Crippen molar-refractivity contribution < 1.29 is 9.53 Å². The van der Waals surface area contributed by atoms with Crippen LogP contribution in [0.4, 0.5) is 0 Å². The number of hydrogen-bond donors (Lipinski definition) is 0. The second-order valence-corrected chi connectivity index (χ2v) is 4.46. The molecule has 16 heavy (non-hydrogen) atoms. The molecule has 0 aliphatic carbocycles. The van der Waals surface area contributed by atoms with E-state index < -0.39 is 0 Å². The Balaban J connectivity index is 2.50. The lowest BCUT2D eigenvalue weighted by Gasteiger charge is -2.12. The van der Waals surface area contributed by atoms with Crippen molar-refractivity contribution in [3.05, 3.63) is 28.3 Å². The first-order valence-electron chi connectivity index (χ1n) is 5.70. The Morgan fingerprint density at radius 1 is 1.44 bits per heavy atom. The Labute approximate surface area is 101 Å². The lowest BCUT2D eigenvalue weighted by Crippen LogP contribution is -2.04. The van der Waals surface area contributed by atoms with Crippen molar-refractivity contribution in [3.8, 4) is 5.75 Å². The van der Waals surface area contributed by atoms with Crippen LogP contribution in [0.25, 0.3) is 0 Å². The number of aryl methyl sites for hydroxylation is 1. The molecule has 0 bridgehead atoms. The maximum atomic E-state index is 11.8. The van der Waals surface area contributed by atoms with Gasteiger partial charge in [0, 0.05) is 11.4 Å². The average molecular weight is 239 g/mol. The van der Waals surface area contributed by atoms with E-state index in [1.54, 1.807) is 6.07 Å². The Morgan fingerprint density at radius 2 is 2.25 bits per heavy atom. The van der Waals surface area contributed by atoms with Crippen molar-refractivity contribution in [2.45, 2.75) is 32.6 Å². The third kappa shape index (κ3) is 2.22. The van der Waals surface area contributed by atoms with Gasteiger partial charge in [0.2, 0.25) is 0 Å². The largest absolute Gasteiger partial charge is 0.493 e. The van der Waals surface area contributed by atoms with Gasteiger partial charge in [-0.3, -0.25) is 4.79 Å². The molecule has 1 aliphatic heterocycles. The van der Waals surface area contributed by atoms with E-state index in [2.05, 4.69) is 0 Å². The van der Waals surface area contributed by atoms with E-state index in [0.29, 0.717) is 23.6 Å². The summed E-state index contributed by atoms with van der Waals surface area (Å²) in [6, 6.07) is 3.63. The maximum Gasteiger partial charge on any atom is 0.166 e. The van der Waals surface area contributed by atoms with Gasteiger partial charge in [-0.2, -0.15) is 0 Å². The van der Waals surface area contributed by atoms with Crippen LogP contribution in [0.2, 0.25) is 5.02 Å². The molecule has 1 aliphatic rings. The number of Topliss-reactive ketones (excluding diaryl/α,β-unsaturated/α-hetero) is 1. The van der Waals surface area contributed by atoms with E-state index in [-0.39, 0.29) is 5.78 Å². The third-order valence-corrected chi connectivity index (χ3v) is 3.06. The number of fused-ring (bicyclic) bond motifs is 1. The number of benzene rings is 1. The molecule has 2 rings (SSSR count). The first kappa shape index (κ1) is 11.5. The molecule has 0 N–H and O–H groups in total. The molecule has 0 saturated heterocycles. The third-order valence-electron chi connectivity index (χ3n) is 2.84. The van der Waals surface area contributed by atoms with E-state index >= 15 is 0 Å². The second kappa shape index (κ2) is 4.88. The lowest BCUT2D eigenvalue weighted by molar-refractivity contribution is 0.0984. The molecule has 1 aromatic carbocycles. The zero-order valence-electron chi connectivity index (χ0n) is 9.38. The number of rotatable bonds is 2. The van der Waals surface area contributed by atoms with Gasteiger partial charge in [-0.1, -0.05) is 18.5 Å². The van der Waals surface area contributed by atoms with E-state index in [1.165, 1.54) is 0 Å². The van der Waals surface area contributed by atoms with Crippen LogP contribution in [-0.2, 0) is 6.42 Å². The summed E-state index contributed by atoms with van der Waals surface area (Å²) in [6.45, 7) is 2.55. The summed E-state index contributed by atoms with van der Waals surface area (Å²) >= 11 is 6.03. The lowest BCUT2D eigenvalue weighted by atomic mass is 10.0. The van der Waals surface area contributed by atoms with Crippen molar-refractivity contribution >= 4 is 17.4 Å². The normalized spacial score (nSPS) is 14.9. The fourth-order valence-corrected chi connectivity index (χ4v) is 2.24. The predicted octanol–water partition coefficient (Wildman–Crippen LogP) is 3.65. The minimum Gasteiger partial charge on any atom is -0.493 e. The van der Waals surface area contributed by atoms with Crippen molar-refractivity contribution in [3.63, 3.8) is 0 Å². The van der Waals surface area contributed by atoms with E-state index in [0.717, 1.165) is 30.6 Å². The van der Waals surface area contributed by atoms with E-state index in [4.69, 9.17) is 16.3 Å². The number of halogens is 1. The molecule has 0 atom stereocenters. The molecule has 0 spiro atoms. The van der Waals surface area contributed by atoms with E-state index in [1.807, 2.05) is 13.0 Å². The van der Waals surface area contributed by atoms with Crippen LogP contribution in [0, 0.1) is 0 Å². The molecular formula is C13H15ClO2. The highest BCUT2D eigenvalue weighted by Crippen LogP contribution is 2.32. The molecule has 2 nitrogen and oxygen atoms in total. The number of ether oxygens (including phenoxy) is 1. The zero-order valence-corrected chi connectivity index (χ0v) is 10.1. The fourth-order valence-electron chi connectivity index (χ4n) is 2.00. The number of ketones is 1. The van der Waals surface area contributed by atoms with Crippen LogP contribution < -0.4 is 4.74 Å². The summed E-state index contributed by atoms with van der Waals surface area (Å²) in [4.78, 5) is 11.8. The summed E-state index contributed by atoms with van der Waals surface area (Å²) in [6.07, 6.45) is 3.55. The predicted molar refractivity (Wildman–Crippen MR) is 64.5 cm³/mol. The van der Waals surface area contributed by atoms with Gasteiger partial charge >= 0.3 is 0 Å². The van der Waals surface area contributed by atoms with Gasteiger partial charge in [-0.15, -0.1) is 0 Å². The van der Waals surface area contributed by atoms with Gasteiger partial charge in [-0.05, 0) is 37.0 Å². The van der Waals surface area contributed by atoms with Crippen molar-refractivity contribution in [1.82, 2.24) is 0 Å². The van der Waals surface area contributed by atoms with Crippen molar-refractivity contribution in [1.29, 1.82) is 0 Å². The molecule has 1 heterocycles. The summed E-state index contributed by atoms with van der Waals surface area (Å²) < 4.78 is 5.68.